The van der Waals surface area contributed by atoms with Gasteiger partial charge in [-0.2, -0.15) is 0 Å². The first kappa shape index (κ1) is 11.0. The lowest BCUT2D eigenvalue weighted by Gasteiger charge is -2.16. The van der Waals surface area contributed by atoms with Crippen molar-refractivity contribution in [2.45, 2.75) is 19.1 Å². The Morgan fingerprint density at radius 1 is 1.54 bits per heavy atom. The van der Waals surface area contributed by atoms with Crippen LogP contribution in [0, 0.1) is 0 Å². The van der Waals surface area contributed by atoms with E-state index in [9.17, 15) is 5.11 Å². The van der Waals surface area contributed by atoms with Crippen LogP contribution < -0.4 is 5.73 Å². The smallest absolute Gasteiger partial charge is 0.0705 e. The number of aliphatic hydroxyl groups excluding tert-OH is 1. The summed E-state index contributed by atoms with van der Waals surface area (Å²) in [7, 11) is 0. The van der Waals surface area contributed by atoms with Crippen molar-refractivity contribution in [2.24, 2.45) is 5.73 Å². The van der Waals surface area contributed by atoms with E-state index in [1.54, 1.807) is 13.0 Å². The van der Waals surface area contributed by atoms with Gasteiger partial charge in [-0.05, 0) is 34.5 Å². The van der Waals surface area contributed by atoms with Gasteiger partial charge in [-0.3, -0.25) is 0 Å². The summed E-state index contributed by atoms with van der Waals surface area (Å²) in [4.78, 5) is 0. The van der Waals surface area contributed by atoms with E-state index >= 15 is 0 Å². The number of nitrogens with two attached hydrogens (primary N) is 1. The molecule has 0 aromatic heterocycles. The van der Waals surface area contributed by atoms with Gasteiger partial charge in [-0.1, -0.05) is 23.7 Å². The zero-order valence-corrected chi connectivity index (χ0v) is 9.51. The fraction of sp³-hybridized carbons (Fsp3) is 0.333. The highest BCUT2D eigenvalue weighted by atomic mass is 79.9. The third-order valence-electron chi connectivity index (χ3n) is 1.86. The van der Waals surface area contributed by atoms with Crippen LogP contribution in [0.3, 0.4) is 0 Å². The van der Waals surface area contributed by atoms with E-state index in [2.05, 4.69) is 15.9 Å². The number of hydrogen-bond acceptors (Lipinski definition) is 2. The molecule has 0 spiro atoms. The van der Waals surface area contributed by atoms with Gasteiger partial charge >= 0.3 is 0 Å². The molecule has 0 bridgehead atoms. The van der Waals surface area contributed by atoms with Crippen molar-refractivity contribution in [2.75, 3.05) is 0 Å². The van der Waals surface area contributed by atoms with Crippen molar-refractivity contribution in [3.8, 4) is 0 Å². The number of halogens is 2. The molecule has 1 aromatic rings. The monoisotopic (exact) mass is 263 g/mol. The Morgan fingerprint density at radius 2 is 2.15 bits per heavy atom. The fourth-order valence-electron chi connectivity index (χ4n) is 1.04. The molecule has 0 radical (unpaired) electrons. The van der Waals surface area contributed by atoms with E-state index < -0.39 is 12.1 Å². The van der Waals surface area contributed by atoms with Crippen LogP contribution in [0.5, 0.6) is 0 Å². The van der Waals surface area contributed by atoms with Crippen LogP contribution in [0.4, 0.5) is 0 Å². The first-order chi connectivity index (χ1) is 6.04. The fourth-order valence-corrected chi connectivity index (χ4v) is 1.75. The molecule has 0 aliphatic heterocycles. The summed E-state index contributed by atoms with van der Waals surface area (Å²) in [6.07, 6.45) is -0.588. The maximum Gasteiger partial charge on any atom is 0.0705 e. The standard InChI is InChI=1S/C9H11BrClNO/c1-5(13)9(12)6-3-2-4-7(11)8(6)10/h2-5,9,13H,12H2,1H3/t5-,9-/m0/s1. The largest absolute Gasteiger partial charge is 0.391 e. The summed E-state index contributed by atoms with van der Waals surface area (Å²) in [5, 5.41) is 9.91. The number of hydrogen-bond donors (Lipinski definition) is 2. The first-order valence-corrected chi connectivity index (χ1v) is 5.08. The quantitative estimate of drug-likeness (QED) is 0.862. The second kappa shape index (κ2) is 4.42. The van der Waals surface area contributed by atoms with Crippen molar-refractivity contribution in [1.82, 2.24) is 0 Å². The van der Waals surface area contributed by atoms with Crippen LogP contribution in [0.25, 0.3) is 0 Å². The summed E-state index contributed by atoms with van der Waals surface area (Å²) in [5.41, 5.74) is 6.59. The summed E-state index contributed by atoms with van der Waals surface area (Å²) in [5.74, 6) is 0. The molecule has 3 N–H and O–H groups in total. The van der Waals surface area contributed by atoms with Crippen molar-refractivity contribution in [1.29, 1.82) is 0 Å². The minimum atomic E-state index is -0.588. The molecular formula is C9H11BrClNO. The Hall–Kier alpha value is -0.0900. The molecule has 72 valence electrons. The van der Waals surface area contributed by atoms with E-state index in [-0.39, 0.29) is 0 Å². The molecule has 0 heterocycles. The van der Waals surface area contributed by atoms with Gasteiger partial charge in [-0.15, -0.1) is 0 Å². The molecule has 13 heavy (non-hydrogen) atoms. The molecule has 1 aromatic carbocycles. The minimum Gasteiger partial charge on any atom is -0.391 e. The average molecular weight is 265 g/mol. The first-order valence-electron chi connectivity index (χ1n) is 3.91. The summed E-state index contributed by atoms with van der Waals surface area (Å²) in [6.45, 7) is 1.65. The highest BCUT2D eigenvalue weighted by Crippen LogP contribution is 2.30. The summed E-state index contributed by atoms with van der Waals surface area (Å²) >= 11 is 9.20. The van der Waals surface area contributed by atoms with Crippen LogP contribution in [0.15, 0.2) is 22.7 Å². The highest BCUT2D eigenvalue weighted by Gasteiger charge is 2.15. The molecule has 0 saturated heterocycles. The Balaban J connectivity index is 3.07. The molecule has 2 nitrogen and oxygen atoms in total. The Morgan fingerprint density at radius 3 is 2.69 bits per heavy atom. The van der Waals surface area contributed by atoms with E-state index in [1.807, 2.05) is 12.1 Å². The third-order valence-corrected chi connectivity index (χ3v) is 3.29. The summed E-state index contributed by atoms with van der Waals surface area (Å²) in [6, 6.07) is 5.01. The molecule has 4 heteroatoms. The van der Waals surface area contributed by atoms with Gasteiger partial charge in [-0.25, -0.2) is 0 Å². The normalized spacial score (nSPS) is 15.5. The average Bonchev–Trinajstić information content (AvgIpc) is 2.08. The van der Waals surface area contributed by atoms with Crippen molar-refractivity contribution < 1.29 is 5.11 Å². The molecule has 0 fully saturated rings. The van der Waals surface area contributed by atoms with Crippen molar-refractivity contribution in [3.05, 3.63) is 33.3 Å². The van der Waals surface area contributed by atoms with E-state index in [0.717, 1.165) is 10.0 Å². The predicted molar refractivity (Wildman–Crippen MR) is 57.8 cm³/mol. The number of aliphatic hydroxyl groups is 1. The lowest BCUT2D eigenvalue weighted by molar-refractivity contribution is 0.164. The molecule has 0 saturated carbocycles. The molecular weight excluding hydrogens is 253 g/mol. The lowest BCUT2D eigenvalue weighted by Crippen LogP contribution is -2.23. The topological polar surface area (TPSA) is 46.2 Å². The maximum absolute atomic E-state index is 9.30. The van der Waals surface area contributed by atoms with E-state index in [1.165, 1.54) is 0 Å². The van der Waals surface area contributed by atoms with Crippen LogP contribution in [0.2, 0.25) is 5.02 Å². The van der Waals surface area contributed by atoms with Gasteiger partial charge in [0, 0.05) is 4.47 Å². The van der Waals surface area contributed by atoms with Gasteiger partial charge in [0.15, 0.2) is 0 Å². The molecule has 0 unspecified atom stereocenters. The lowest BCUT2D eigenvalue weighted by atomic mass is 10.0. The SMILES string of the molecule is C[C@H](O)[C@H](N)c1cccc(Cl)c1Br. The molecule has 1 rings (SSSR count). The Bertz CT molecular complexity index is 304. The van der Waals surface area contributed by atoms with Gasteiger partial charge in [0.2, 0.25) is 0 Å². The van der Waals surface area contributed by atoms with Gasteiger partial charge in [0.25, 0.3) is 0 Å². The molecule has 2 atom stereocenters. The van der Waals surface area contributed by atoms with Gasteiger partial charge in [0.05, 0.1) is 17.2 Å². The van der Waals surface area contributed by atoms with Crippen molar-refractivity contribution >= 4 is 27.5 Å². The zero-order valence-electron chi connectivity index (χ0n) is 7.17. The minimum absolute atomic E-state index is 0.409. The molecule has 0 aliphatic carbocycles. The van der Waals surface area contributed by atoms with Gasteiger partial charge in [0.1, 0.15) is 0 Å². The summed E-state index contributed by atoms with van der Waals surface area (Å²) < 4.78 is 0.755. The number of benzene rings is 1. The van der Waals surface area contributed by atoms with Crippen molar-refractivity contribution in [3.63, 3.8) is 0 Å². The Labute approximate surface area is 90.8 Å². The Kier molecular flexibility index (Phi) is 3.74. The zero-order chi connectivity index (χ0) is 10.0. The van der Waals surface area contributed by atoms with E-state index in [0.29, 0.717) is 5.02 Å². The highest BCUT2D eigenvalue weighted by molar-refractivity contribution is 9.10. The number of rotatable bonds is 2. The molecule has 0 aliphatic rings. The predicted octanol–water partition coefficient (Wildman–Crippen LogP) is 2.48. The van der Waals surface area contributed by atoms with Crippen LogP contribution in [0.1, 0.15) is 18.5 Å². The second-order valence-corrected chi connectivity index (χ2v) is 4.11. The molecule has 0 amide bonds. The van der Waals surface area contributed by atoms with Crippen LogP contribution in [-0.2, 0) is 0 Å². The van der Waals surface area contributed by atoms with Crippen LogP contribution >= 0.6 is 27.5 Å². The van der Waals surface area contributed by atoms with E-state index in [4.69, 9.17) is 17.3 Å². The third kappa shape index (κ3) is 2.44. The van der Waals surface area contributed by atoms with Gasteiger partial charge < -0.3 is 10.8 Å². The van der Waals surface area contributed by atoms with Crippen LogP contribution in [-0.4, -0.2) is 11.2 Å². The maximum atomic E-state index is 9.30. The second-order valence-electron chi connectivity index (χ2n) is 2.91.